The minimum atomic E-state index is -0.806. The summed E-state index contributed by atoms with van der Waals surface area (Å²) in [5.74, 6) is -0.727. The van der Waals surface area contributed by atoms with Gasteiger partial charge in [-0.2, -0.15) is 5.06 Å². The molecular weight excluding hydrogens is 394 g/mol. The zero-order chi connectivity index (χ0) is 21.8. The molecule has 7 nitrogen and oxygen atoms in total. The first-order valence-electron chi connectivity index (χ1n) is 10.7. The minimum absolute atomic E-state index is 0.210. The number of rotatable bonds is 8. The molecule has 1 aliphatic rings. The molecular formula is C24H29N3O4. The number of aromatic amines is 1. The number of aromatic nitrogens is 1. The molecule has 164 valence electrons. The van der Waals surface area contributed by atoms with E-state index < -0.39 is 24.2 Å². The summed E-state index contributed by atoms with van der Waals surface area (Å²) < 4.78 is 0. The van der Waals surface area contributed by atoms with Gasteiger partial charge in [-0.1, -0.05) is 48.5 Å². The van der Waals surface area contributed by atoms with Crippen LogP contribution in [0.5, 0.6) is 0 Å². The summed E-state index contributed by atoms with van der Waals surface area (Å²) >= 11 is 0. The van der Waals surface area contributed by atoms with E-state index >= 15 is 0 Å². The van der Waals surface area contributed by atoms with Gasteiger partial charge in [0, 0.05) is 29.6 Å². The third kappa shape index (κ3) is 4.65. The fourth-order valence-corrected chi connectivity index (χ4v) is 4.33. The first-order valence-corrected chi connectivity index (χ1v) is 10.7. The van der Waals surface area contributed by atoms with E-state index in [-0.39, 0.29) is 12.5 Å². The van der Waals surface area contributed by atoms with Crippen molar-refractivity contribution < 1.29 is 19.8 Å². The molecule has 4 N–H and O–H groups in total. The van der Waals surface area contributed by atoms with Crippen LogP contribution in [-0.4, -0.2) is 57.6 Å². The van der Waals surface area contributed by atoms with Gasteiger partial charge in [-0.3, -0.25) is 9.63 Å². The smallest absolute Gasteiger partial charge is 0.240 e. The topological polar surface area (TPSA) is 97.8 Å². The highest BCUT2D eigenvalue weighted by Crippen LogP contribution is 2.31. The lowest BCUT2D eigenvalue weighted by molar-refractivity contribution is -0.192. The van der Waals surface area contributed by atoms with E-state index in [1.54, 1.807) is 12.0 Å². The van der Waals surface area contributed by atoms with Gasteiger partial charge in [0.1, 0.15) is 12.1 Å². The van der Waals surface area contributed by atoms with Gasteiger partial charge in [-0.25, -0.2) is 0 Å². The largest absolute Gasteiger partial charge is 0.396 e. The number of benzene rings is 2. The van der Waals surface area contributed by atoms with Gasteiger partial charge < -0.3 is 20.5 Å². The molecule has 0 bridgehead atoms. The van der Waals surface area contributed by atoms with E-state index in [1.165, 1.54) is 0 Å². The van der Waals surface area contributed by atoms with E-state index in [1.807, 2.05) is 54.7 Å². The van der Waals surface area contributed by atoms with Crippen LogP contribution < -0.4 is 5.32 Å². The maximum Gasteiger partial charge on any atom is 0.240 e. The molecule has 7 heteroatoms. The monoisotopic (exact) mass is 423 g/mol. The number of H-pyrrole nitrogens is 1. The number of nitrogens with zero attached hydrogens (tertiary/aromatic N) is 1. The number of carbonyl (C=O) groups excluding carboxylic acids is 1. The standard InChI is InChI=1S/C24H29N3O4/c1-16(29)23-20(15-28)22(27(31-23)14-17-7-3-2-4-8-17)24(30)25-12-11-18-13-26-21-10-6-5-9-19(18)21/h2-10,13,16,20,22-23,26,28-29H,11-12,14-15H2,1H3,(H,25,30)/t16-,20-,22-,23?/m0/s1. The fraction of sp³-hybridized carbons (Fsp3) is 0.375. The molecule has 0 radical (unpaired) electrons. The predicted octanol–water partition coefficient (Wildman–Crippen LogP) is 2.00. The van der Waals surface area contributed by atoms with Crippen LogP contribution in [0.3, 0.4) is 0 Å². The van der Waals surface area contributed by atoms with E-state index in [0.717, 1.165) is 22.0 Å². The molecule has 1 saturated heterocycles. The second-order valence-corrected chi connectivity index (χ2v) is 8.06. The fourth-order valence-electron chi connectivity index (χ4n) is 4.33. The van der Waals surface area contributed by atoms with Crippen LogP contribution in [0.4, 0.5) is 0 Å². The lowest BCUT2D eigenvalue weighted by atomic mass is 9.92. The van der Waals surface area contributed by atoms with Gasteiger partial charge in [0.05, 0.1) is 19.3 Å². The normalized spacial score (nSPS) is 22.6. The van der Waals surface area contributed by atoms with Crippen molar-refractivity contribution in [1.82, 2.24) is 15.4 Å². The molecule has 0 saturated carbocycles. The first kappa shape index (κ1) is 21.5. The van der Waals surface area contributed by atoms with Gasteiger partial charge in [0.15, 0.2) is 0 Å². The van der Waals surface area contributed by atoms with Crippen LogP contribution in [0.25, 0.3) is 10.9 Å². The van der Waals surface area contributed by atoms with E-state index in [0.29, 0.717) is 19.5 Å². The Hall–Kier alpha value is -2.71. The van der Waals surface area contributed by atoms with Gasteiger partial charge in [0.2, 0.25) is 5.91 Å². The summed E-state index contributed by atoms with van der Waals surface area (Å²) in [6.45, 7) is 2.22. The van der Waals surface area contributed by atoms with Crippen LogP contribution in [-0.2, 0) is 22.6 Å². The van der Waals surface area contributed by atoms with Crippen LogP contribution >= 0.6 is 0 Å². The average molecular weight is 424 g/mol. The Balaban J connectivity index is 1.45. The third-order valence-corrected chi connectivity index (χ3v) is 5.90. The maximum absolute atomic E-state index is 13.1. The molecule has 2 aromatic carbocycles. The average Bonchev–Trinajstić information content (AvgIpc) is 3.36. The van der Waals surface area contributed by atoms with Gasteiger partial charge >= 0.3 is 0 Å². The highest BCUT2D eigenvalue weighted by Gasteiger charge is 2.48. The van der Waals surface area contributed by atoms with Crippen molar-refractivity contribution in [3.8, 4) is 0 Å². The third-order valence-electron chi connectivity index (χ3n) is 5.90. The Morgan fingerprint density at radius 1 is 1.19 bits per heavy atom. The molecule has 4 rings (SSSR count). The second-order valence-electron chi connectivity index (χ2n) is 8.06. The van der Waals surface area contributed by atoms with Crippen LogP contribution in [0.15, 0.2) is 60.8 Å². The number of para-hydroxylation sites is 1. The van der Waals surface area contributed by atoms with E-state index in [2.05, 4.69) is 16.4 Å². The van der Waals surface area contributed by atoms with Crippen molar-refractivity contribution in [2.45, 2.75) is 38.1 Å². The number of hydrogen-bond acceptors (Lipinski definition) is 5. The number of amides is 1. The zero-order valence-corrected chi connectivity index (χ0v) is 17.6. The van der Waals surface area contributed by atoms with Crippen LogP contribution in [0.2, 0.25) is 0 Å². The second kappa shape index (κ2) is 9.62. The molecule has 31 heavy (non-hydrogen) atoms. The molecule has 1 fully saturated rings. The van der Waals surface area contributed by atoms with E-state index in [9.17, 15) is 15.0 Å². The van der Waals surface area contributed by atoms with Gasteiger partial charge in [-0.15, -0.1) is 0 Å². The van der Waals surface area contributed by atoms with Crippen LogP contribution in [0, 0.1) is 5.92 Å². The summed E-state index contributed by atoms with van der Waals surface area (Å²) in [5.41, 5.74) is 3.20. The summed E-state index contributed by atoms with van der Waals surface area (Å²) in [4.78, 5) is 22.3. The zero-order valence-electron chi connectivity index (χ0n) is 17.6. The number of nitrogens with one attached hydrogen (secondary N) is 2. The summed E-state index contributed by atoms with van der Waals surface area (Å²) in [7, 11) is 0. The Kier molecular flexibility index (Phi) is 6.67. The Bertz CT molecular complexity index is 1000. The quantitative estimate of drug-likeness (QED) is 0.444. The molecule has 1 unspecified atom stereocenters. The Labute approximate surface area is 181 Å². The van der Waals surface area contributed by atoms with Gasteiger partial charge in [0.25, 0.3) is 0 Å². The molecule has 2 heterocycles. The molecule has 1 aromatic heterocycles. The summed E-state index contributed by atoms with van der Waals surface area (Å²) in [6.07, 6.45) is 1.21. The lowest BCUT2D eigenvalue weighted by Crippen LogP contribution is -2.48. The molecule has 1 amide bonds. The highest BCUT2D eigenvalue weighted by atomic mass is 16.7. The first-order chi connectivity index (χ1) is 15.1. The molecule has 0 aliphatic carbocycles. The summed E-state index contributed by atoms with van der Waals surface area (Å²) in [6, 6.07) is 17.1. The van der Waals surface area contributed by atoms with Crippen molar-refractivity contribution >= 4 is 16.8 Å². The number of hydrogen-bond donors (Lipinski definition) is 4. The number of carbonyl (C=O) groups is 1. The van der Waals surface area contributed by atoms with Crippen LogP contribution in [0.1, 0.15) is 18.1 Å². The lowest BCUT2D eigenvalue weighted by Gasteiger charge is -2.24. The predicted molar refractivity (Wildman–Crippen MR) is 118 cm³/mol. The van der Waals surface area contributed by atoms with Crippen molar-refractivity contribution in [2.24, 2.45) is 5.92 Å². The number of fused-ring (bicyclic) bond motifs is 1. The van der Waals surface area contributed by atoms with Crippen molar-refractivity contribution in [1.29, 1.82) is 0 Å². The van der Waals surface area contributed by atoms with Crippen molar-refractivity contribution in [3.05, 3.63) is 71.9 Å². The Morgan fingerprint density at radius 2 is 1.94 bits per heavy atom. The SMILES string of the molecule is C[C@H](O)C1ON(Cc2ccccc2)[C@H](C(=O)NCCc2c[nH]c3ccccc23)[C@@H]1CO. The number of aliphatic hydroxyl groups is 2. The maximum atomic E-state index is 13.1. The van der Waals surface area contributed by atoms with Crippen molar-refractivity contribution in [2.75, 3.05) is 13.2 Å². The number of aliphatic hydroxyl groups excluding tert-OH is 2. The molecule has 0 spiro atoms. The molecule has 4 atom stereocenters. The van der Waals surface area contributed by atoms with Crippen molar-refractivity contribution in [3.63, 3.8) is 0 Å². The van der Waals surface area contributed by atoms with E-state index in [4.69, 9.17) is 4.84 Å². The number of hydroxylamine groups is 2. The minimum Gasteiger partial charge on any atom is -0.396 e. The Morgan fingerprint density at radius 3 is 2.68 bits per heavy atom. The molecule has 3 aromatic rings. The highest BCUT2D eigenvalue weighted by molar-refractivity contribution is 5.84. The van der Waals surface area contributed by atoms with Gasteiger partial charge in [-0.05, 0) is 30.5 Å². The molecule has 1 aliphatic heterocycles. The summed E-state index contributed by atoms with van der Waals surface area (Å²) in [5, 5.41) is 25.9.